The molecule has 0 aromatic carbocycles. The summed E-state index contributed by atoms with van der Waals surface area (Å²) in [6.07, 6.45) is -3.43. The van der Waals surface area contributed by atoms with E-state index in [1.54, 1.807) is 6.20 Å². The molecule has 1 rings (SSSR count). The summed E-state index contributed by atoms with van der Waals surface area (Å²) in [6.45, 7) is 1.46. The second kappa shape index (κ2) is 6.05. The summed E-state index contributed by atoms with van der Waals surface area (Å²) in [5.74, 6) is -2.84. The third-order valence-electron chi connectivity index (χ3n) is 0.958. The molecule has 1 amide bonds. The lowest BCUT2D eigenvalue weighted by Gasteiger charge is -1.93. The lowest BCUT2D eigenvalue weighted by molar-refractivity contribution is -0.192. The first-order chi connectivity index (χ1) is 7.23. The number of amides is 1. The summed E-state index contributed by atoms with van der Waals surface area (Å²) in [5, 5.41) is 12.1. The van der Waals surface area contributed by atoms with Gasteiger partial charge < -0.3 is 10.4 Å². The van der Waals surface area contributed by atoms with Crippen LogP contribution in [-0.2, 0) is 9.59 Å². The third-order valence-corrected chi connectivity index (χ3v) is 1.65. The first kappa shape index (κ1) is 14.4. The van der Waals surface area contributed by atoms with Crippen molar-refractivity contribution >= 4 is 28.3 Å². The number of carboxylic acid groups (broad SMARTS) is 1. The van der Waals surface area contributed by atoms with Crippen molar-refractivity contribution in [3.63, 3.8) is 0 Å². The van der Waals surface area contributed by atoms with Crippen LogP contribution in [0.3, 0.4) is 0 Å². The van der Waals surface area contributed by atoms with E-state index in [0.29, 0.717) is 5.13 Å². The zero-order valence-electron chi connectivity index (χ0n) is 7.91. The standard InChI is InChI=1S/C5H6N2OS.C2HF3O2/c1-4(8)7-5-6-2-3-9-5;3-2(4,5)1(6)7/h2-3H,1H3,(H,6,7,8);(H,6,7). The molecule has 16 heavy (non-hydrogen) atoms. The summed E-state index contributed by atoms with van der Waals surface area (Å²) in [7, 11) is 0. The Labute approximate surface area is 91.9 Å². The lowest BCUT2D eigenvalue weighted by Crippen LogP contribution is -2.21. The van der Waals surface area contributed by atoms with Crippen molar-refractivity contribution in [3.05, 3.63) is 11.6 Å². The number of carbonyl (C=O) groups excluding carboxylic acids is 1. The van der Waals surface area contributed by atoms with Crippen LogP contribution in [0.4, 0.5) is 18.3 Å². The SMILES string of the molecule is CC(=O)Nc1nccs1.O=C(O)C(F)(F)F. The maximum Gasteiger partial charge on any atom is 0.490 e. The van der Waals surface area contributed by atoms with Crippen LogP contribution in [0, 0.1) is 0 Å². The molecule has 0 aliphatic rings. The Hall–Kier alpha value is -1.64. The largest absolute Gasteiger partial charge is 0.490 e. The van der Waals surface area contributed by atoms with Crippen LogP contribution < -0.4 is 5.32 Å². The van der Waals surface area contributed by atoms with Crippen LogP contribution in [0.5, 0.6) is 0 Å². The first-order valence-electron chi connectivity index (χ1n) is 3.70. The van der Waals surface area contributed by atoms with Crippen molar-refractivity contribution in [1.29, 1.82) is 0 Å². The maximum absolute atomic E-state index is 10.6. The number of hydrogen-bond donors (Lipinski definition) is 2. The quantitative estimate of drug-likeness (QED) is 0.802. The van der Waals surface area contributed by atoms with Crippen LogP contribution in [0.1, 0.15) is 6.92 Å². The third kappa shape index (κ3) is 6.76. The Morgan fingerprint density at radius 3 is 2.25 bits per heavy atom. The number of hydrogen-bond acceptors (Lipinski definition) is 4. The zero-order chi connectivity index (χ0) is 12.8. The molecular weight excluding hydrogens is 249 g/mol. The molecule has 0 bridgehead atoms. The van der Waals surface area contributed by atoms with E-state index in [1.807, 2.05) is 5.38 Å². The van der Waals surface area contributed by atoms with E-state index in [4.69, 9.17) is 9.90 Å². The number of nitrogens with zero attached hydrogens (tertiary/aromatic N) is 1. The Morgan fingerprint density at radius 1 is 1.50 bits per heavy atom. The topological polar surface area (TPSA) is 79.3 Å². The van der Waals surface area contributed by atoms with Gasteiger partial charge in [-0.25, -0.2) is 9.78 Å². The highest BCUT2D eigenvalue weighted by molar-refractivity contribution is 7.13. The minimum absolute atomic E-state index is 0.0787. The van der Waals surface area contributed by atoms with E-state index in [0.717, 1.165) is 0 Å². The van der Waals surface area contributed by atoms with Gasteiger partial charge in [-0.15, -0.1) is 11.3 Å². The van der Waals surface area contributed by atoms with Gasteiger partial charge in [0, 0.05) is 18.5 Å². The van der Waals surface area contributed by atoms with Crippen molar-refractivity contribution in [2.45, 2.75) is 13.1 Å². The van der Waals surface area contributed by atoms with Gasteiger partial charge in [0.05, 0.1) is 0 Å². The first-order valence-corrected chi connectivity index (χ1v) is 4.58. The minimum Gasteiger partial charge on any atom is -0.475 e. The number of carboxylic acids is 1. The van der Waals surface area contributed by atoms with Crippen LogP contribution >= 0.6 is 11.3 Å². The molecule has 0 unspecified atom stereocenters. The normalized spacial score (nSPS) is 10.0. The second-order valence-electron chi connectivity index (χ2n) is 2.32. The number of thiazole rings is 1. The summed E-state index contributed by atoms with van der Waals surface area (Å²) in [4.78, 5) is 23.1. The van der Waals surface area contributed by atoms with Crippen LogP contribution in [-0.4, -0.2) is 28.1 Å². The Morgan fingerprint density at radius 2 is 2.00 bits per heavy atom. The highest BCUT2D eigenvalue weighted by Gasteiger charge is 2.38. The van der Waals surface area contributed by atoms with Crippen molar-refractivity contribution in [3.8, 4) is 0 Å². The number of aromatic nitrogens is 1. The van der Waals surface area contributed by atoms with Crippen molar-refractivity contribution in [1.82, 2.24) is 4.98 Å². The molecule has 2 N–H and O–H groups in total. The maximum atomic E-state index is 10.6. The molecule has 9 heteroatoms. The highest BCUT2D eigenvalue weighted by Crippen LogP contribution is 2.13. The Balaban J connectivity index is 0.000000293. The number of carbonyl (C=O) groups is 2. The van der Waals surface area contributed by atoms with Crippen LogP contribution in [0.2, 0.25) is 0 Å². The fourth-order valence-corrected chi connectivity index (χ4v) is 1.01. The van der Waals surface area contributed by atoms with Crippen molar-refractivity contribution in [2.75, 3.05) is 5.32 Å². The Bertz CT molecular complexity index is 350. The highest BCUT2D eigenvalue weighted by atomic mass is 32.1. The summed E-state index contributed by atoms with van der Waals surface area (Å²) < 4.78 is 31.7. The van der Waals surface area contributed by atoms with Gasteiger partial charge in [-0.2, -0.15) is 13.2 Å². The molecule has 0 saturated carbocycles. The average Bonchev–Trinajstić information content (AvgIpc) is 2.54. The molecule has 0 aliphatic heterocycles. The van der Waals surface area contributed by atoms with E-state index < -0.39 is 12.1 Å². The molecule has 90 valence electrons. The zero-order valence-corrected chi connectivity index (χ0v) is 8.72. The number of nitrogens with one attached hydrogen (secondary N) is 1. The fourth-order valence-electron chi connectivity index (χ4n) is 0.436. The summed E-state index contributed by atoms with van der Waals surface area (Å²) in [6, 6.07) is 0. The molecule has 0 fully saturated rings. The van der Waals surface area contributed by atoms with E-state index in [-0.39, 0.29) is 5.91 Å². The molecular formula is C7H7F3N2O3S. The number of alkyl halides is 3. The predicted molar refractivity (Wildman–Crippen MR) is 50.1 cm³/mol. The molecule has 0 atom stereocenters. The van der Waals surface area contributed by atoms with Gasteiger partial charge in [0.1, 0.15) is 0 Å². The van der Waals surface area contributed by atoms with Crippen molar-refractivity contribution in [2.24, 2.45) is 0 Å². The number of rotatable bonds is 1. The molecule has 1 heterocycles. The minimum atomic E-state index is -5.08. The van der Waals surface area contributed by atoms with Gasteiger partial charge in [0.2, 0.25) is 5.91 Å². The van der Waals surface area contributed by atoms with E-state index in [1.165, 1.54) is 18.3 Å². The van der Waals surface area contributed by atoms with Crippen molar-refractivity contribution < 1.29 is 27.9 Å². The molecule has 0 aliphatic carbocycles. The van der Waals surface area contributed by atoms with Gasteiger partial charge in [0.25, 0.3) is 0 Å². The van der Waals surface area contributed by atoms with E-state index in [2.05, 4.69) is 10.3 Å². The summed E-state index contributed by atoms with van der Waals surface area (Å²) in [5.41, 5.74) is 0. The van der Waals surface area contributed by atoms with Crippen LogP contribution in [0.25, 0.3) is 0 Å². The average molecular weight is 256 g/mol. The van der Waals surface area contributed by atoms with E-state index in [9.17, 15) is 18.0 Å². The molecule has 1 aromatic heterocycles. The predicted octanol–water partition coefficient (Wildman–Crippen LogP) is 1.73. The second-order valence-corrected chi connectivity index (χ2v) is 3.22. The van der Waals surface area contributed by atoms with Gasteiger partial charge in [-0.05, 0) is 0 Å². The van der Waals surface area contributed by atoms with Gasteiger partial charge >= 0.3 is 12.1 Å². The van der Waals surface area contributed by atoms with Crippen LogP contribution in [0.15, 0.2) is 11.6 Å². The number of aliphatic carboxylic acids is 1. The molecule has 0 radical (unpaired) electrons. The van der Waals surface area contributed by atoms with E-state index >= 15 is 0 Å². The lowest BCUT2D eigenvalue weighted by atomic mass is 10.7. The fraction of sp³-hybridized carbons (Fsp3) is 0.286. The van der Waals surface area contributed by atoms with Gasteiger partial charge in [-0.3, -0.25) is 4.79 Å². The summed E-state index contributed by atoms with van der Waals surface area (Å²) >= 11 is 1.41. The monoisotopic (exact) mass is 256 g/mol. The van der Waals surface area contributed by atoms with Gasteiger partial charge in [-0.1, -0.05) is 0 Å². The smallest absolute Gasteiger partial charge is 0.475 e. The molecule has 5 nitrogen and oxygen atoms in total. The Kier molecular flexibility index (Phi) is 5.43. The molecule has 1 aromatic rings. The molecule has 0 spiro atoms. The number of anilines is 1. The number of halogens is 3. The molecule has 0 saturated heterocycles. The van der Waals surface area contributed by atoms with Gasteiger partial charge in [0.15, 0.2) is 5.13 Å².